The maximum atomic E-state index is 12.9. The Kier molecular flexibility index (Phi) is 4.94. The molecule has 3 rings (SSSR count). The van der Waals surface area contributed by atoms with E-state index in [2.05, 4.69) is 5.32 Å². The first-order chi connectivity index (χ1) is 12.5. The molecule has 2 fully saturated rings. The number of carbonyl (C=O) groups excluding carboxylic acids is 3. The van der Waals surface area contributed by atoms with Gasteiger partial charge in [0, 0.05) is 13.1 Å². The average molecular weight is 354 g/mol. The van der Waals surface area contributed by atoms with Crippen LogP contribution in [0.5, 0.6) is 0 Å². The van der Waals surface area contributed by atoms with Gasteiger partial charge in [0.25, 0.3) is 5.91 Å². The van der Waals surface area contributed by atoms with Gasteiger partial charge in [-0.05, 0) is 37.5 Å². The molecule has 136 valence electrons. The fourth-order valence-electron chi connectivity index (χ4n) is 3.49. The van der Waals surface area contributed by atoms with Crippen molar-refractivity contribution in [3.05, 3.63) is 35.4 Å². The molecule has 0 aromatic heterocycles. The van der Waals surface area contributed by atoms with Gasteiger partial charge in [-0.1, -0.05) is 25.0 Å². The SMILES string of the molecule is CC1(c2cccc(C#N)c2)NC(=O)N(CC(=O)N2CCCCCC2)C1=O. The highest BCUT2D eigenvalue weighted by Crippen LogP contribution is 2.29. The molecule has 0 aliphatic carbocycles. The molecule has 2 saturated heterocycles. The third kappa shape index (κ3) is 3.27. The summed E-state index contributed by atoms with van der Waals surface area (Å²) in [6.07, 6.45) is 4.09. The molecule has 1 unspecified atom stereocenters. The molecule has 1 aromatic rings. The van der Waals surface area contributed by atoms with Crippen molar-refractivity contribution in [3.63, 3.8) is 0 Å². The minimum absolute atomic E-state index is 0.203. The fraction of sp³-hybridized carbons (Fsp3) is 0.474. The van der Waals surface area contributed by atoms with Crippen LogP contribution in [0.4, 0.5) is 4.79 Å². The van der Waals surface area contributed by atoms with Gasteiger partial charge in [0.15, 0.2) is 0 Å². The molecule has 1 N–H and O–H groups in total. The second-order valence-corrected chi connectivity index (χ2v) is 6.93. The first-order valence-electron chi connectivity index (χ1n) is 8.88. The van der Waals surface area contributed by atoms with Crippen molar-refractivity contribution in [1.82, 2.24) is 15.1 Å². The highest BCUT2D eigenvalue weighted by atomic mass is 16.2. The van der Waals surface area contributed by atoms with Crippen molar-refractivity contribution in [3.8, 4) is 6.07 Å². The van der Waals surface area contributed by atoms with Crippen LogP contribution in [0.3, 0.4) is 0 Å². The number of hydrogen-bond acceptors (Lipinski definition) is 4. The zero-order valence-corrected chi connectivity index (χ0v) is 14.8. The minimum atomic E-state index is -1.27. The smallest absolute Gasteiger partial charge is 0.325 e. The summed E-state index contributed by atoms with van der Waals surface area (Å²) < 4.78 is 0. The van der Waals surface area contributed by atoms with Gasteiger partial charge in [0.2, 0.25) is 5.91 Å². The molecule has 4 amide bonds. The molecule has 7 nitrogen and oxygen atoms in total. The van der Waals surface area contributed by atoms with Crippen LogP contribution in [-0.4, -0.2) is 47.3 Å². The number of amides is 4. The van der Waals surface area contributed by atoms with Crippen LogP contribution < -0.4 is 5.32 Å². The zero-order valence-electron chi connectivity index (χ0n) is 14.8. The van der Waals surface area contributed by atoms with Crippen LogP contribution in [0.1, 0.15) is 43.7 Å². The number of benzene rings is 1. The van der Waals surface area contributed by atoms with Gasteiger partial charge < -0.3 is 10.2 Å². The van der Waals surface area contributed by atoms with Crippen LogP contribution in [-0.2, 0) is 15.1 Å². The molecule has 0 spiro atoms. The Morgan fingerprint density at radius 2 is 1.92 bits per heavy atom. The van der Waals surface area contributed by atoms with E-state index in [0.29, 0.717) is 24.2 Å². The predicted octanol–water partition coefficient (Wildman–Crippen LogP) is 1.73. The number of nitrogens with zero attached hydrogens (tertiary/aromatic N) is 3. The first-order valence-corrected chi connectivity index (χ1v) is 8.88. The Labute approximate surface area is 152 Å². The van der Waals surface area contributed by atoms with Crippen molar-refractivity contribution in [2.24, 2.45) is 0 Å². The van der Waals surface area contributed by atoms with Crippen molar-refractivity contribution in [2.45, 2.75) is 38.1 Å². The molecule has 0 radical (unpaired) electrons. The predicted molar refractivity (Wildman–Crippen MR) is 93.8 cm³/mol. The largest absolute Gasteiger partial charge is 0.341 e. The van der Waals surface area contributed by atoms with E-state index in [1.54, 1.807) is 36.1 Å². The molecule has 0 saturated carbocycles. The monoisotopic (exact) mass is 354 g/mol. The van der Waals surface area contributed by atoms with Gasteiger partial charge in [-0.3, -0.25) is 14.5 Å². The van der Waals surface area contributed by atoms with Crippen molar-refractivity contribution >= 4 is 17.8 Å². The number of nitriles is 1. The minimum Gasteiger partial charge on any atom is -0.341 e. The molecule has 0 bridgehead atoms. The Morgan fingerprint density at radius 3 is 2.58 bits per heavy atom. The standard InChI is InChI=1S/C19H22N4O3/c1-19(15-8-6-7-14(11-15)12-20)17(25)23(18(26)21-19)13-16(24)22-9-4-2-3-5-10-22/h6-8,11H,2-5,9-10,13H2,1H3,(H,21,26). The number of nitrogens with one attached hydrogen (secondary N) is 1. The Morgan fingerprint density at radius 1 is 1.23 bits per heavy atom. The maximum Gasteiger partial charge on any atom is 0.325 e. The summed E-state index contributed by atoms with van der Waals surface area (Å²) in [4.78, 5) is 40.6. The van der Waals surface area contributed by atoms with E-state index in [1.165, 1.54) is 0 Å². The summed E-state index contributed by atoms with van der Waals surface area (Å²) >= 11 is 0. The van der Waals surface area contributed by atoms with E-state index in [4.69, 9.17) is 5.26 Å². The van der Waals surface area contributed by atoms with Crippen LogP contribution in [0.25, 0.3) is 0 Å². The highest BCUT2D eigenvalue weighted by molar-refractivity contribution is 6.09. The summed E-state index contributed by atoms with van der Waals surface area (Å²) in [5.41, 5.74) is -0.340. The van der Waals surface area contributed by atoms with Gasteiger partial charge in [-0.2, -0.15) is 5.26 Å². The molecular formula is C19H22N4O3. The lowest BCUT2D eigenvalue weighted by molar-refractivity contribution is -0.138. The van der Waals surface area contributed by atoms with E-state index in [-0.39, 0.29) is 12.5 Å². The number of rotatable bonds is 3. The second kappa shape index (κ2) is 7.16. The van der Waals surface area contributed by atoms with Crippen molar-refractivity contribution in [2.75, 3.05) is 19.6 Å². The fourth-order valence-corrected chi connectivity index (χ4v) is 3.49. The lowest BCUT2D eigenvalue weighted by atomic mass is 9.91. The van der Waals surface area contributed by atoms with Gasteiger partial charge in [0.1, 0.15) is 12.1 Å². The quantitative estimate of drug-likeness (QED) is 0.837. The third-order valence-electron chi connectivity index (χ3n) is 5.10. The number of hydrogen-bond donors (Lipinski definition) is 1. The van der Waals surface area contributed by atoms with E-state index >= 15 is 0 Å². The molecule has 1 aromatic carbocycles. The Bertz CT molecular complexity index is 777. The van der Waals surface area contributed by atoms with E-state index < -0.39 is 17.5 Å². The van der Waals surface area contributed by atoms with Gasteiger partial charge >= 0.3 is 6.03 Å². The van der Waals surface area contributed by atoms with Crippen molar-refractivity contribution in [1.29, 1.82) is 5.26 Å². The summed E-state index contributed by atoms with van der Waals surface area (Å²) in [5.74, 6) is -0.675. The van der Waals surface area contributed by atoms with Crippen molar-refractivity contribution < 1.29 is 14.4 Å². The molecular weight excluding hydrogens is 332 g/mol. The van der Waals surface area contributed by atoms with Crippen LogP contribution in [0.15, 0.2) is 24.3 Å². The summed E-state index contributed by atoms with van der Waals surface area (Å²) in [6, 6.07) is 8.03. The molecule has 26 heavy (non-hydrogen) atoms. The van der Waals surface area contributed by atoms with E-state index in [1.807, 2.05) is 6.07 Å². The molecule has 2 aliphatic rings. The van der Waals surface area contributed by atoms with E-state index in [0.717, 1.165) is 30.6 Å². The topological polar surface area (TPSA) is 93.5 Å². The number of urea groups is 1. The Balaban J connectivity index is 1.78. The van der Waals surface area contributed by atoms with Gasteiger partial charge in [-0.15, -0.1) is 0 Å². The van der Waals surface area contributed by atoms with Gasteiger partial charge in [-0.25, -0.2) is 4.79 Å². The zero-order chi connectivity index (χ0) is 18.7. The number of likely N-dealkylation sites (tertiary alicyclic amines) is 1. The molecule has 1 atom stereocenters. The highest BCUT2D eigenvalue weighted by Gasteiger charge is 2.49. The lowest BCUT2D eigenvalue weighted by Crippen LogP contribution is -2.44. The lowest BCUT2D eigenvalue weighted by Gasteiger charge is -2.24. The summed E-state index contributed by atoms with van der Waals surface area (Å²) in [7, 11) is 0. The summed E-state index contributed by atoms with van der Waals surface area (Å²) in [6.45, 7) is 2.69. The first kappa shape index (κ1) is 17.9. The van der Waals surface area contributed by atoms with Gasteiger partial charge in [0.05, 0.1) is 11.6 Å². The number of imide groups is 1. The third-order valence-corrected chi connectivity index (χ3v) is 5.10. The molecule has 2 heterocycles. The summed E-state index contributed by atoms with van der Waals surface area (Å²) in [5, 5.41) is 11.7. The normalized spacial score (nSPS) is 23.4. The Hall–Kier alpha value is -2.88. The maximum absolute atomic E-state index is 12.9. The average Bonchev–Trinajstić information content (AvgIpc) is 2.86. The van der Waals surface area contributed by atoms with Crippen LogP contribution in [0, 0.1) is 11.3 Å². The van der Waals surface area contributed by atoms with Crippen LogP contribution in [0.2, 0.25) is 0 Å². The molecule has 2 aliphatic heterocycles. The van der Waals surface area contributed by atoms with E-state index in [9.17, 15) is 14.4 Å². The van der Waals surface area contributed by atoms with Crippen LogP contribution >= 0.6 is 0 Å². The second-order valence-electron chi connectivity index (χ2n) is 6.93. The number of carbonyl (C=O) groups is 3. The molecule has 7 heteroatoms.